The molecule has 2 rings (SSSR count). The van der Waals surface area contributed by atoms with Crippen LogP contribution in [0, 0.1) is 0 Å². The molecule has 0 radical (unpaired) electrons. The lowest BCUT2D eigenvalue weighted by Crippen LogP contribution is -2.06. The van der Waals surface area contributed by atoms with Crippen LogP contribution in [0.3, 0.4) is 0 Å². The largest absolute Gasteiger partial charge is 0.488 e. The van der Waals surface area contributed by atoms with Gasteiger partial charge in [0, 0.05) is 11.1 Å². The van der Waals surface area contributed by atoms with Gasteiger partial charge in [-0.3, -0.25) is 0 Å². The molecule has 0 aliphatic rings. The first kappa shape index (κ1) is 13.9. The minimum Gasteiger partial charge on any atom is -0.488 e. The summed E-state index contributed by atoms with van der Waals surface area (Å²) in [5.41, 5.74) is 0.907. The van der Waals surface area contributed by atoms with Gasteiger partial charge in [-0.1, -0.05) is 23.9 Å². The molecule has 0 amide bonds. The molecular formula is C15H17NO2S. The van der Waals surface area contributed by atoms with Crippen LogP contribution in [0.2, 0.25) is 0 Å². The Labute approximate surface area is 117 Å². The molecule has 1 aromatic heterocycles. The van der Waals surface area contributed by atoms with Gasteiger partial charge in [-0.25, -0.2) is 4.98 Å². The second kappa shape index (κ2) is 6.59. The number of aliphatic hydroxyl groups excluding tert-OH is 1. The molecular weight excluding hydrogens is 258 g/mol. The summed E-state index contributed by atoms with van der Waals surface area (Å²) in [4.78, 5) is 5.43. The lowest BCUT2D eigenvalue weighted by Gasteiger charge is -2.12. The van der Waals surface area contributed by atoms with Gasteiger partial charge in [-0.2, -0.15) is 0 Å². The summed E-state index contributed by atoms with van der Waals surface area (Å²) in [6.07, 6.45) is 1.89. The summed E-state index contributed by atoms with van der Waals surface area (Å²) in [5, 5.41) is 9.88. The molecule has 19 heavy (non-hydrogen) atoms. The Bertz CT molecular complexity index is 526. The average molecular weight is 275 g/mol. The van der Waals surface area contributed by atoms with Gasteiger partial charge in [0.05, 0.1) is 12.7 Å². The summed E-state index contributed by atoms with van der Waals surface area (Å²) in [6.45, 7) is 4.06. The molecule has 0 aliphatic carbocycles. The van der Waals surface area contributed by atoms with Crippen molar-refractivity contribution < 1.29 is 9.84 Å². The predicted octanol–water partition coefficient (Wildman–Crippen LogP) is 3.51. The van der Waals surface area contributed by atoms with Crippen molar-refractivity contribution in [3.8, 4) is 5.75 Å². The number of hydrogen-bond donors (Lipinski definition) is 1. The van der Waals surface area contributed by atoms with Crippen molar-refractivity contribution in [1.29, 1.82) is 0 Å². The van der Waals surface area contributed by atoms with E-state index in [1.807, 2.05) is 50.2 Å². The quantitative estimate of drug-likeness (QED) is 0.906. The molecule has 0 saturated heterocycles. The zero-order valence-electron chi connectivity index (χ0n) is 11.0. The highest BCUT2D eigenvalue weighted by Gasteiger charge is 2.08. The van der Waals surface area contributed by atoms with Gasteiger partial charge in [-0.15, -0.1) is 0 Å². The van der Waals surface area contributed by atoms with Crippen LogP contribution in [0.25, 0.3) is 0 Å². The van der Waals surface area contributed by atoms with Gasteiger partial charge in [0.1, 0.15) is 5.03 Å². The molecule has 100 valence electrons. The topological polar surface area (TPSA) is 42.4 Å². The van der Waals surface area contributed by atoms with Crippen LogP contribution in [0.1, 0.15) is 19.4 Å². The van der Waals surface area contributed by atoms with Crippen molar-refractivity contribution in [1.82, 2.24) is 4.98 Å². The van der Waals surface area contributed by atoms with Crippen LogP contribution in [0.4, 0.5) is 0 Å². The van der Waals surface area contributed by atoms with Crippen molar-refractivity contribution in [3.63, 3.8) is 0 Å². The highest BCUT2D eigenvalue weighted by Crippen LogP contribution is 2.33. The summed E-state index contributed by atoms with van der Waals surface area (Å²) in [6, 6.07) is 11.6. The number of aromatic nitrogens is 1. The molecule has 0 spiro atoms. The Morgan fingerprint density at radius 3 is 2.58 bits per heavy atom. The smallest absolute Gasteiger partial charge is 0.152 e. The molecule has 1 heterocycles. The first-order valence-electron chi connectivity index (χ1n) is 6.18. The van der Waals surface area contributed by atoms with E-state index in [4.69, 9.17) is 9.84 Å². The van der Waals surface area contributed by atoms with Crippen LogP contribution in [0.5, 0.6) is 5.75 Å². The average Bonchev–Trinajstić information content (AvgIpc) is 2.41. The fraction of sp³-hybridized carbons (Fsp3) is 0.267. The highest BCUT2D eigenvalue weighted by atomic mass is 32.2. The van der Waals surface area contributed by atoms with E-state index in [9.17, 15) is 0 Å². The van der Waals surface area contributed by atoms with Gasteiger partial charge >= 0.3 is 0 Å². The Balaban J connectivity index is 2.17. The molecule has 0 aliphatic heterocycles. The molecule has 1 aromatic carbocycles. The maximum absolute atomic E-state index is 9.02. The lowest BCUT2D eigenvalue weighted by atomic mass is 10.2. The standard InChI is InChI=1S/C15H17NO2S/c1-11(2)18-14-4-3-9-16-15(14)19-13-7-5-12(10-17)6-8-13/h3-9,11,17H,10H2,1-2H3. The molecule has 3 nitrogen and oxygen atoms in total. The zero-order chi connectivity index (χ0) is 13.7. The van der Waals surface area contributed by atoms with Gasteiger partial charge in [0.25, 0.3) is 0 Å². The molecule has 2 aromatic rings. The van der Waals surface area contributed by atoms with Gasteiger partial charge in [-0.05, 0) is 43.7 Å². The minimum absolute atomic E-state index is 0.0657. The van der Waals surface area contributed by atoms with Gasteiger partial charge in [0.2, 0.25) is 0 Å². The van der Waals surface area contributed by atoms with Crippen LogP contribution in [-0.2, 0) is 6.61 Å². The number of ether oxygens (including phenoxy) is 1. The second-order valence-corrected chi connectivity index (χ2v) is 5.44. The summed E-state index contributed by atoms with van der Waals surface area (Å²) in [5.74, 6) is 0.800. The fourth-order valence-corrected chi connectivity index (χ4v) is 2.40. The summed E-state index contributed by atoms with van der Waals surface area (Å²) in [7, 11) is 0. The lowest BCUT2D eigenvalue weighted by molar-refractivity contribution is 0.234. The molecule has 0 bridgehead atoms. The zero-order valence-corrected chi connectivity index (χ0v) is 11.9. The number of pyridine rings is 1. The molecule has 0 unspecified atom stereocenters. The highest BCUT2D eigenvalue weighted by molar-refractivity contribution is 7.99. The van der Waals surface area contributed by atoms with E-state index in [1.54, 1.807) is 18.0 Å². The van der Waals surface area contributed by atoms with Crippen LogP contribution >= 0.6 is 11.8 Å². The predicted molar refractivity (Wildman–Crippen MR) is 76.5 cm³/mol. The van der Waals surface area contributed by atoms with Crippen LogP contribution in [0.15, 0.2) is 52.5 Å². The Kier molecular flexibility index (Phi) is 4.82. The van der Waals surface area contributed by atoms with E-state index in [2.05, 4.69) is 4.98 Å². The molecule has 1 N–H and O–H groups in total. The number of aliphatic hydroxyl groups is 1. The van der Waals surface area contributed by atoms with Crippen molar-refractivity contribution >= 4 is 11.8 Å². The van der Waals surface area contributed by atoms with E-state index in [0.29, 0.717) is 0 Å². The second-order valence-electron chi connectivity index (χ2n) is 4.38. The monoisotopic (exact) mass is 275 g/mol. The minimum atomic E-state index is 0.0657. The maximum atomic E-state index is 9.02. The van der Waals surface area contributed by atoms with E-state index in [0.717, 1.165) is 21.2 Å². The number of rotatable bonds is 5. The maximum Gasteiger partial charge on any atom is 0.152 e. The van der Waals surface area contributed by atoms with E-state index in [1.165, 1.54) is 0 Å². The van der Waals surface area contributed by atoms with Crippen LogP contribution in [-0.4, -0.2) is 16.2 Å². The summed E-state index contributed by atoms with van der Waals surface area (Å²) >= 11 is 1.56. The third-order valence-electron chi connectivity index (χ3n) is 2.42. The third kappa shape index (κ3) is 3.98. The molecule has 0 fully saturated rings. The fourth-order valence-electron chi connectivity index (χ4n) is 1.57. The first-order valence-corrected chi connectivity index (χ1v) is 7.00. The van der Waals surface area contributed by atoms with E-state index < -0.39 is 0 Å². The van der Waals surface area contributed by atoms with E-state index >= 15 is 0 Å². The molecule has 0 atom stereocenters. The number of hydrogen-bond acceptors (Lipinski definition) is 4. The third-order valence-corrected chi connectivity index (χ3v) is 3.43. The van der Waals surface area contributed by atoms with Crippen molar-refractivity contribution in [2.75, 3.05) is 0 Å². The van der Waals surface area contributed by atoms with Crippen molar-refractivity contribution in [2.24, 2.45) is 0 Å². The Morgan fingerprint density at radius 1 is 1.21 bits per heavy atom. The molecule has 4 heteroatoms. The number of benzene rings is 1. The normalized spacial score (nSPS) is 10.7. The first-order chi connectivity index (χ1) is 9.19. The Hall–Kier alpha value is -1.52. The molecule has 0 saturated carbocycles. The van der Waals surface area contributed by atoms with Gasteiger partial charge < -0.3 is 9.84 Å². The van der Waals surface area contributed by atoms with E-state index in [-0.39, 0.29) is 12.7 Å². The number of nitrogens with zero attached hydrogens (tertiary/aromatic N) is 1. The summed E-state index contributed by atoms with van der Waals surface area (Å²) < 4.78 is 5.74. The van der Waals surface area contributed by atoms with Crippen molar-refractivity contribution in [2.45, 2.75) is 36.5 Å². The Morgan fingerprint density at radius 2 is 1.95 bits per heavy atom. The van der Waals surface area contributed by atoms with Crippen molar-refractivity contribution in [3.05, 3.63) is 48.2 Å². The van der Waals surface area contributed by atoms with Crippen LogP contribution < -0.4 is 4.74 Å². The SMILES string of the molecule is CC(C)Oc1cccnc1Sc1ccc(CO)cc1. The van der Waals surface area contributed by atoms with Gasteiger partial charge in [0.15, 0.2) is 5.75 Å².